The Labute approximate surface area is 112 Å². The molecule has 2 heterocycles. The first-order valence-electron chi connectivity index (χ1n) is 6.00. The number of rotatable bonds is 2. The Balaban J connectivity index is 0.00000120. The van der Waals surface area contributed by atoms with E-state index in [4.69, 9.17) is 5.73 Å². The summed E-state index contributed by atoms with van der Waals surface area (Å²) in [4.78, 5) is 0. The molecule has 3 fully saturated rings. The lowest BCUT2D eigenvalue weighted by atomic mass is 9.72. The average molecular weight is 273 g/mol. The van der Waals surface area contributed by atoms with Gasteiger partial charge in [-0.1, -0.05) is 12.1 Å². The van der Waals surface area contributed by atoms with Gasteiger partial charge in [0.1, 0.15) is 0 Å². The van der Waals surface area contributed by atoms with Crippen LogP contribution in [-0.4, -0.2) is 16.7 Å². The molecule has 1 saturated carbocycles. The Morgan fingerprint density at radius 3 is 2.72 bits per heavy atom. The lowest BCUT2D eigenvalue weighted by Gasteiger charge is -2.33. The van der Waals surface area contributed by atoms with Crippen LogP contribution in [-0.2, 0) is 0 Å². The average Bonchev–Trinajstić information content (AvgIpc) is 2.74. The Hall–Kier alpha value is -0.840. The molecule has 100 valence electrons. The maximum Gasteiger partial charge on any atom is 0.151 e. The largest absolute Gasteiger partial charge is 0.396 e. The van der Waals surface area contributed by atoms with Crippen molar-refractivity contribution in [2.24, 2.45) is 5.92 Å². The number of nitrogens with two attached hydrogens (primary N) is 1. The van der Waals surface area contributed by atoms with Gasteiger partial charge >= 0.3 is 0 Å². The van der Waals surface area contributed by atoms with Crippen molar-refractivity contribution in [2.45, 2.75) is 37.5 Å². The van der Waals surface area contributed by atoms with Crippen molar-refractivity contribution in [3.05, 3.63) is 29.6 Å². The SMILES string of the molecule is CC12CC(C1)C([C@@H](O)c1cccc(N)c1F)N2.Cl. The second-order valence-electron chi connectivity index (χ2n) is 5.59. The van der Waals surface area contributed by atoms with E-state index in [1.807, 2.05) is 0 Å². The Bertz CT molecular complexity index is 462. The summed E-state index contributed by atoms with van der Waals surface area (Å²) in [6.45, 7) is 2.14. The topological polar surface area (TPSA) is 58.3 Å². The molecular formula is C13H18ClFN2O. The molecule has 3 aliphatic rings. The van der Waals surface area contributed by atoms with E-state index in [-0.39, 0.29) is 29.7 Å². The number of nitrogen functional groups attached to an aromatic ring is 1. The monoisotopic (exact) mass is 272 g/mol. The highest BCUT2D eigenvalue weighted by atomic mass is 35.5. The van der Waals surface area contributed by atoms with Crippen LogP contribution in [0.1, 0.15) is 31.4 Å². The molecular weight excluding hydrogens is 255 g/mol. The van der Waals surface area contributed by atoms with Gasteiger partial charge in [0.05, 0.1) is 11.8 Å². The molecule has 2 atom stereocenters. The van der Waals surface area contributed by atoms with E-state index in [0.29, 0.717) is 11.5 Å². The maximum atomic E-state index is 13.8. The molecule has 1 aromatic rings. The molecule has 2 bridgehead atoms. The third-order valence-electron chi connectivity index (χ3n) is 4.17. The minimum Gasteiger partial charge on any atom is -0.396 e. The van der Waals surface area contributed by atoms with Crippen LogP contribution in [0.25, 0.3) is 0 Å². The van der Waals surface area contributed by atoms with Crippen molar-refractivity contribution < 1.29 is 9.50 Å². The van der Waals surface area contributed by atoms with Crippen LogP contribution in [0.5, 0.6) is 0 Å². The van der Waals surface area contributed by atoms with E-state index in [9.17, 15) is 9.50 Å². The molecule has 18 heavy (non-hydrogen) atoms. The number of fused-ring (bicyclic) bond motifs is 1. The number of halogens is 2. The predicted octanol–water partition coefficient (Wildman–Crippen LogP) is 2.00. The van der Waals surface area contributed by atoms with Gasteiger partial charge in [-0.3, -0.25) is 0 Å². The first-order chi connectivity index (χ1) is 8.00. The molecule has 0 aromatic heterocycles. The lowest BCUT2D eigenvalue weighted by Crippen LogP contribution is -2.40. The van der Waals surface area contributed by atoms with Gasteiger partial charge in [-0.05, 0) is 31.7 Å². The van der Waals surface area contributed by atoms with E-state index in [0.717, 1.165) is 12.8 Å². The normalized spacial score (nSPS) is 34.6. The second-order valence-corrected chi connectivity index (χ2v) is 5.59. The highest BCUT2D eigenvalue weighted by Crippen LogP contribution is 2.50. The third kappa shape index (κ3) is 1.88. The van der Waals surface area contributed by atoms with E-state index < -0.39 is 11.9 Å². The van der Waals surface area contributed by atoms with E-state index in [1.165, 1.54) is 6.07 Å². The van der Waals surface area contributed by atoms with Crippen LogP contribution in [0, 0.1) is 11.7 Å². The maximum absolute atomic E-state index is 13.8. The molecule has 4 N–H and O–H groups in total. The molecule has 1 aliphatic carbocycles. The molecule has 5 heteroatoms. The van der Waals surface area contributed by atoms with Crippen LogP contribution in [0.2, 0.25) is 0 Å². The van der Waals surface area contributed by atoms with Gasteiger partial charge in [0.2, 0.25) is 0 Å². The summed E-state index contributed by atoms with van der Waals surface area (Å²) in [6.07, 6.45) is 1.32. The smallest absolute Gasteiger partial charge is 0.151 e. The standard InChI is InChI=1S/C13H17FN2O.ClH/c1-13-5-7(6-13)11(16-13)12(17)8-3-2-4-9(15)10(8)14;/h2-4,7,11-12,16-17H,5-6,15H2,1H3;1H/t7?,11?,12-,13?;/m0./s1. The van der Waals surface area contributed by atoms with Crippen LogP contribution >= 0.6 is 12.4 Å². The molecule has 1 unspecified atom stereocenters. The molecule has 2 aliphatic heterocycles. The number of aliphatic hydroxyl groups is 1. The van der Waals surface area contributed by atoms with Crippen molar-refractivity contribution in [1.82, 2.24) is 5.32 Å². The van der Waals surface area contributed by atoms with Crippen LogP contribution in [0.15, 0.2) is 18.2 Å². The Morgan fingerprint density at radius 2 is 2.17 bits per heavy atom. The number of hydrogen-bond acceptors (Lipinski definition) is 3. The van der Waals surface area contributed by atoms with Gasteiger partial charge in [0.15, 0.2) is 5.82 Å². The number of anilines is 1. The van der Waals surface area contributed by atoms with Crippen molar-refractivity contribution in [3.8, 4) is 0 Å². The summed E-state index contributed by atoms with van der Waals surface area (Å²) in [5.74, 6) is -0.0353. The van der Waals surface area contributed by atoms with Crippen LogP contribution in [0.3, 0.4) is 0 Å². The number of nitrogens with one attached hydrogen (secondary N) is 1. The van der Waals surface area contributed by atoms with Gasteiger partial charge in [-0.25, -0.2) is 4.39 Å². The molecule has 2 saturated heterocycles. The van der Waals surface area contributed by atoms with Gasteiger partial charge in [-0.15, -0.1) is 12.4 Å². The van der Waals surface area contributed by atoms with E-state index in [2.05, 4.69) is 12.2 Å². The Morgan fingerprint density at radius 1 is 1.50 bits per heavy atom. The van der Waals surface area contributed by atoms with Gasteiger partial charge in [0.25, 0.3) is 0 Å². The lowest BCUT2D eigenvalue weighted by molar-refractivity contribution is 0.118. The quantitative estimate of drug-likeness (QED) is 0.722. The zero-order valence-corrected chi connectivity index (χ0v) is 11.0. The first kappa shape index (κ1) is 13.6. The molecule has 4 rings (SSSR count). The van der Waals surface area contributed by atoms with Crippen molar-refractivity contribution in [3.63, 3.8) is 0 Å². The summed E-state index contributed by atoms with van der Waals surface area (Å²) < 4.78 is 13.8. The van der Waals surface area contributed by atoms with Gasteiger partial charge < -0.3 is 16.2 Å². The van der Waals surface area contributed by atoms with E-state index in [1.54, 1.807) is 12.1 Å². The molecule has 0 spiro atoms. The summed E-state index contributed by atoms with van der Waals surface area (Å²) in [7, 11) is 0. The van der Waals surface area contributed by atoms with Gasteiger partial charge in [0, 0.05) is 17.1 Å². The number of hydrogen-bond donors (Lipinski definition) is 3. The first-order valence-corrected chi connectivity index (χ1v) is 6.00. The van der Waals surface area contributed by atoms with Crippen LogP contribution in [0.4, 0.5) is 10.1 Å². The molecule has 3 nitrogen and oxygen atoms in total. The summed E-state index contributed by atoms with van der Waals surface area (Å²) >= 11 is 0. The third-order valence-corrected chi connectivity index (χ3v) is 4.17. The van der Waals surface area contributed by atoms with Crippen molar-refractivity contribution in [2.75, 3.05) is 5.73 Å². The minimum atomic E-state index is -0.812. The highest BCUT2D eigenvalue weighted by Gasteiger charge is 2.54. The van der Waals surface area contributed by atoms with Crippen molar-refractivity contribution in [1.29, 1.82) is 0 Å². The molecule has 0 amide bonds. The zero-order chi connectivity index (χ0) is 12.2. The predicted molar refractivity (Wildman–Crippen MR) is 71.1 cm³/mol. The number of aliphatic hydroxyl groups excluding tert-OH is 1. The van der Waals surface area contributed by atoms with E-state index >= 15 is 0 Å². The summed E-state index contributed by atoms with van der Waals surface area (Å²) in [5.41, 5.74) is 6.07. The fraction of sp³-hybridized carbons (Fsp3) is 0.538. The molecule has 1 aromatic carbocycles. The Kier molecular flexibility index (Phi) is 3.30. The fourth-order valence-electron chi connectivity index (χ4n) is 3.32. The summed E-state index contributed by atoms with van der Waals surface area (Å²) in [5, 5.41) is 13.7. The van der Waals surface area contributed by atoms with Gasteiger partial charge in [-0.2, -0.15) is 0 Å². The number of benzene rings is 1. The molecule has 0 radical (unpaired) electrons. The fourth-order valence-corrected chi connectivity index (χ4v) is 3.32. The zero-order valence-electron chi connectivity index (χ0n) is 10.2. The highest BCUT2D eigenvalue weighted by molar-refractivity contribution is 5.85. The second kappa shape index (κ2) is 4.37. The summed E-state index contributed by atoms with van der Waals surface area (Å²) in [6, 6.07) is 4.75. The van der Waals surface area contributed by atoms with Crippen LogP contribution < -0.4 is 11.1 Å². The minimum absolute atomic E-state index is 0. The van der Waals surface area contributed by atoms with Crippen molar-refractivity contribution >= 4 is 18.1 Å².